The zero-order valence-electron chi connectivity index (χ0n) is 22.0. The summed E-state index contributed by atoms with van der Waals surface area (Å²) in [7, 11) is 0. The van der Waals surface area contributed by atoms with Crippen molar-refractivity contribution in [2.24, 2.45) is 11.7 Å². The van der Waals surface area contributed by atoms with Gasteiger partial charge in [0.2, 0.25) is 0 Å². The Kier molecular flexibility index (Phi) is 6.82. The molecule has 6 rings (SSSR count). The number of allylic oxidation sites excluding steroid dienone is 1. The summed E-state index contributed by atoms with van der Waals surface area (Å²) in [5.41, 5.74) is 13.5. The number of fused-ring (bicyclic) bond motifs is 1. The number of primary amides is 1. The number of ether oxygens (including phenoxy) is 1. The minimum atomic E-state index is -0.810. The molecule has 10 nitrogen and oxygen atoms in total. The Labute approximate surface area is 233 Å². The molecule has 4 N–H and O–H groups in total. The van der Waals surface area contributed by atoms with Crippen molar-refractivity contribution in [2.75, 3.05) is 18.8 Å². The highest BCUT2D eigenvalue weighted by Gasteiger charge is 2.32. The summed E-state index contributed by atoms with van der Waals surface area (Å²) in [6, 6.07) is 9.81. The van der Waals surface area contributed by atoms with E-state index in [9.17, 15) is 18.4 Å². The number of hydrogen-bond donors (Lipinski definition) is 2. The Bertz CT molecular complexity index is 1660. The van der Waals surface area contributed by atoms with Crippen LogP contribution in [0.2, 0.25) is 0 Å². The number of rotatable bonds is 7. The second-order valence-electron chi connectivity index (χ2n) is 10.3. The lowest BCUT2D eigenvalue weighted by Gasteiger charge is -2.33. The number of halogens is 2. The molecule has 2 aromatic carbocycles. The van der Waals surface area contributed by atoms with Gasteiger partial charge >= 0.3 is 0 Å². The van der Waals surface area contributed by atoms with Crippen LogP contribution in [0.15, 0.2) is 60.4 Å². The number of nitrogens with zero attached hydrogens (tertiary/aromatic N) is 5. The van der Waals surface area contributed by atoms with E-state index >= 15 is 0 Å². The van der Waals surface area contributed by atoms with Crippen molar-refractivity contribution in [1.82, 2.24) is 24.6 Å². The minimum Gasteiger partial charge on any atom is -0.451 e. The predicted octanol–water partition coefficient (Wildman–Crippen LogP) is 4.13. The van der Waals surface area contributed by atoms with E-state index in [1.807, 2.05) is 0 Å². The quantitative estimate of drug-likeness (QED) is 0.197. The Balaban J connectivity index is 1.30. The first-order valence-corrected chi connectivity index (χ1v) is 13.3. The summed E-state index contributed by atoms with van der Waals surface area (Å²) in [6.07, 6.45) is 6.36. The molecule has 41 heavy (non-hydrogen) atoms. The number of benzene rings is 2. The lowest BCUT2D eigenvalue weighted by atomic mass is 10.0. The molecule has 1 aliphatic carbocycles. The predicted molar refractivity (Wildman–Crippen MR) is 146 cm³/mol. The zero-order valence-corrected chi connectivity index (χ0v) is 22.0. The van der Waals surface area contributed by atoms with Crippen LogP contribution in [0.5, 0.6) is 11.5 Å². The molecule has 4 aromatic rings. The number of piperidine rings is 1. The van der Waals surface area contributed by atoms with Crippen molar-refractivity contribution in [3.05, 3.63) is 72.1 Å². The van der Waals surface area contributed by atoms with Gasteiger partial charge in [-0.05, 0) is 68.0 Å². The third-order valence-corrected chi connectivity index (χ3v) is 7.33. The summed E-state index contributed by atoms with van der Waals surface area (Å²) in [5, 5.41) is 5.39. The van der Waals surface area contributed by atoms with E-state index in [2.05, 4.69) is 9.97 Å². The van der Waals surface area contributed by atoms with Crippen LogP contribution < -0.4 is 16.2 Å². The van der Waals surface area contributed by atoms with Crippen LogP contribution >= 0.6 is 0 Å². The van der Waals surface area contributed by atoms with Crippen molar-refractivity contribution >= 4 is 28.7 Å². The van der Waals surface area contributed by atoms with Gasteiger partial charge in [0.15, 0.2) is 23.0 Å². The standard InChI is InChI=1S/C29H27F2N7O3/c30-21-4-1-5-22(31)25(21)41-19-10-8-17(9-11-19)24-23-26(32)34-15-35-28(23)38(36-24)18-3-2-12-37(14-18)29(40)20(27(33)39)13-16-6-7-16/h1,4-5,8-11,13,15-16,18H,2-3,6-7,12,14H2,(H2,33,39)(H2,32,34,35). The lowest BCUT2D eigenvalue weighted by molar-refractivity contribution is -0.131. The van der Waals surface area contributed by atoms with Gasteiger partial charge in [-0.1, -0.05) is 12.1 Å². The van der Waals surface area contributed by atoms with Gasteiger partial charge in [-0.2, -0.15) is 5.10 Å². The molecule has 2 aromatic heterocycles. The van der Waals surface area contributed by atoms with Gasteiger partial charge in [0.25, 0.3) is 11.8 Å². The molecule has 1 unspecified atom stereocenters. The molecule has 1 saturated carbocycles. The van der Waals surface area contributed by atoms with E-state index in [4.69, 9.17) is 21.3 Å². The van der Waals surface area contributed by atoms with Crippen LogP contribution in [0.3, 0.4) is 0 Å². The maximum absolute atomic E-state index is 14.0. The van der Waals surface area contributed by atoms with Crippen LogP contribution in [0.1, 0.15) is 31.7 Å². The van der Waals surface area contributed by atoms with Crippen molar-refractivity contribution in [1.29, 1.82) is 0 Å². The van der Waals surface area contributed by atoms with E-state index in [0.29, 0.717) is 41.8 Å². The largest absolute Gasteiger partial charge is 0.451 e. The fourth-order valence-electron chi connectivity index (χ4n) is 5.10. The molecule has 1 saturated heterocycles. The van der Waals surface area contributed by atoms with E-state index in [0.717, 1.165) is 31.4 Å². The lowest BCUT2D eigenvalue weighted by Crippen LogP contribution is -2.43. The normalized spacial score (nSPS) is 17.6. The van der Waals surface area contributed by atoms with Crippen molar-refractivity contribution in [3.8, 4) is 22.8 Å². The van der Waals surface area contributed by atoms with Gasteiger partial charge in [-0.25, -0.2) is 23.4 Å². The highest BCUT2D eigenvalue weighted by atomic mass is 19.1. The molecule has 210 valence electrons. The van der Waals surface area contributed by atoms with Crippen molar-refractivity contribution < 1.29 is 23.1 Å². The summed E-state index contributed by atoms with van der Waals surface area (Å²) in [6.45, 7) is 0.813. The van der Waals surface area contributed by atoms with Crippen LogP contribution in [0, 0.1) is 17.6 Å². The number of amides is 2. The smallest absolute Gasteiger partial charge is 0.259 e. The van der Waals surface area contributed by atoms with Crippen LogP contribution in [0.25, 0.3) is 22.3 Å². The van der Waals surface area contributed by atoms with Crippen LogP contribution in [-0.4, -0.2) is 49.6 Å². The maximum Gasteiger partial charge on any atom is 0.259 e. The first-order chi connectivity index (χ1) is 19.8. The van der Waals surface area contributed by atoms with E-state index in [1.165, 1.54) is 12.4 Å². The molecule has 2 aliphatic rings. The number of nitrogens with two attached hydrogens (primary N) is 2. The Hall–Kier alpha value is -4.87. The van der Waals surface area contributed by atoms with Crippen molar-refractivity contribution in [3.63, 3.8) is 0 Å². The van der Waals surface area contributed by atoms with Gasteiger partial charge in [-0.15, -0.1) is 0 Å². The molecule has 0 bridgehead atoms. The fraction of sp³-hybridized carbons (Fsp3) is 0.276. The number of likely N-dealkylation sites (tertiary alicyclic amines) is 1. The topological polar surface area (TPSA) is 142 Å². The second kappa shape index (κ2) is 10.6. The Morgan fingerprint density at radius 2 is 1.76 bits per heavy atom. The monoisotopic (exact) mass is 559 g/mol. The zero-order chi connectivity index (χ0) is 28.7. The Morgan fingerprint density at radius 1 is 1.02 bits per heavy atom. The number of carbonyl (C=O) groups excluding carboxylic acids is 2. The molecule has 3 heterocycles. The molecule has 2 fully saturated rings. The summed E-state index contributed by atoms with van der Waals surface area (Å²) in [4.78, 5) is 35.5. The third-order valence-electron chi connectivity index (χ3n) is 7.33. The van der Waals surface area contributed by atoms with Gasteiger partial charge in [-0.3, -0.25) is 9.59 Å². The van der Waals surface area contributed by atoms with Gasteiger partial charge in [0.05, 0.1) is 11.4 Å². The minimum absolute atomic E-state index is 0.0308. The SMILES string of the molecule is NC(=O)C(=CC1CC1)C(=O)N1CCCC(n2nc(-c3ccc(Oc4c(F)cccc4F)cc3)c3c(N)ncnc32)C1. The molecule has 2 amide bonds. The average Bonchev–Trinajstić information content (AvgIpc) is 3.71. The molecule has 12 heteroatoms. The third kappa shape index (κ3) is 5.20. The molecule has 0 radical (unpaired) electrons. The van der Waals surface area contributed by atoms with E-state index in [-0.39, 0.29) is 35.0 Å². The number of aromatic nitrogens is 4. The Morgan fingerprint density at radius 3 is 2.44 bits per heavy atom. The van der Waals surface area contributed by atoms with Crippen molar-refractivity contribution in [2.45, 2.75) is 31.7 Å². The first kappa shape index (κ1) is 26.4. The highest BCUT2D eigenvalue weighted by Crippen LogP contribution is 2.36. The average molecular weight is 560 g/mol. The number of hydrogen-bond acceptors (Lipinski definition) is 7. The van der Waals surface area contributed by atoms with Crippen LogP contribution in [-0.2, 0) is 9.59 Å². The van der Waals surface area contributed by atoms with E-state index in [1.54, 1.807) is 39.9 Å². The molecular weight excluding hydrogens is 532 g/mol. The van der Waals surface area contributed by atoms with Gasteiger partial charge in [0.1, 0.15) is 29.2 Å². The van der Waals surface area contributed by atoms with E-state index < -0.39 is 23.3 Å². The number of para-hydroxylation sites is 1. The van der Waals surface area contributed by atoms with Crippen LogP contribution in [0.4, 0.5) is 14.6 Å². The summed E-state index contributed by atoms with van der Waals surface area (Å²) >= 11 is 0. The highest BCUT2D eigenvalue weighted by molar-refractivity contribution is 6.17. The number of nitrogen functional groups attached to an aromatic ring is 1. The fourth-order valence-corrected chi connectivity index (χ4v) is 5.10. The molecular formula is C29H27F2N7O3. The summed E-state index contributed by atoms with van der Waals surface area (Å²) < 4.78 is 35.3. The van der Waals surface area contributed by atoms with Gasteiger partial charge in [0, 0.05) is 18.7 Å². The first-order valence-electron chi connectivity index (χ1n) is 13.3. The summed E-state index contributed by atoms with van der Waals surface area (Å²) in [5.74, 6) is -2.51. The second-order valence-corrected chi connectivity index (χ2v) is 10.3. The molecule has 0 spiro atoms. The number of anilines is 1. The maximum atomic E-state index is 14.0. The molecule has 1 atom stereocenters. The van der Waals surface area contributed by atoms with Gasteiger partial charge < -0.3 is 21.1 Å². The number of carbonyl (C=O) groups is 2. The molecule has 1 aliphatic heterocycles.